The predicted octanol–water partition coefficient (Wildman–Crippen LogP) is 2.55. The molecule has 0 saturated carbocycles. The maximum absolute atomic E-state index is 11.4. The molecule has 13 heavy (non-hydrogen) atoms. The monoisotopic (exact) mass is 194 g/mol. The fraction of sp³-hybridized carbons (Fsp3) is 0.364. The molecule has 0 heterocycles. The molecule has 0 atom stereocenters. The Bertz CT molecular complexity index is 256. The largest absolute Gasteiger partial charge is 0.298 e. The summed E-state index contributed by atoms with van der Waals surface area (Å²) in [6, 6.07) is 9.89. The zero-order valence-corrected chi connectivity index (χ0v) is 8.64. The second kappa shape index (κ2) is 5.81. The van der Waals surface area contributed by atoms with Crippen LogP contribution >= 0.6 is 11.8 Å². The van der Waals surface area contributed by atoms with Crippen LogP contribution in [0.5, 0.6) is 0 Å². The molecule has 0 spiro atoms. The lowest BCUT2D eigenvalue weighted by molar-refractivity contribution is -0.116. The number of Topliss-reactive ketones (excluding diaryl/α,β-unsaturated/α-hetero) is 1. The SMILES string of the molecule is CCSCC(=O)Cc1ccccc1. The van der Waals surface area contributed by atoms with E-state index in [-0.39, 0.29) is 0 Å². The van der Waals surface area contributed by atoms with E-state index in [4.69, 9.17) is 0 Å². The third-order valence-corrected chi connectivity index (χ3v) is 2.65. The lowest BCUT2D eigenvalue weighted by atomic mass is 10.1. The van der Waals surface area contributed by atoms with Gasteiger partial charge in [0.1, 0.15) is 5.78 Å². The normalized spacial score (nSPS) is 9.92. The highest BCUT2D eigenvalue weighted by Crippen LogP contribution is 2.04. The Hall–Kier alpha value is -0.760. The van der Waals surface area contributed by atoms with Gasteiger partial charge >= 0.3 is 0 Å². The number of hydrogen-bond donors (Lipinski definition) is 0. The lowest BCUT2D eigenvalue weighted by Gasteiger charge is -1.99. The summed E-state index contributed by atoms with van der Waals surface area (Å²) >= 11 is 1.69. The number of carbonyl (C=O) groups is 1. The van der Waals surface area contributed by atoms with E-state index in [0.717, 1.165) is 11.3 Å². The summed E-state index contributed by atoms with van der Waals surface area (Å²) in [6.07, 6.45) is 0.577. The fourth-order valence-corrected chi connectivity index (χ4v) is 1.62. The van der Waals surface area contributed by atoms with E-state index < -0.39 is 0 Å². The number of hydrogen-bond acceptors (Lipinski definition) is 2. The summed E-state index contributed by atoms with van der Waals surface area (Å²) in [5, 5.41) is 0. The van der Waals surface area contributed by atoms with E-state index >= 15 is 0 Å². The van der Waals surface area contributed by atoms with Gasteiger partial charge in [-0.1, -0.05) is 37.3 Å². The van der Waals surface area contributed by atoms with E-state index in [1.807, 2.05) is 30.3 Å². The van der Waals surface area contributed by atoms with Gasteiger partial charge in [-0.25, -0.2) is 0 Å². The highest BCUT2D eigenvalue weighted by atomic mass is 32.2. The first-order valence-electron chi connectivity index (χ1n) is 4.46. The van der Waals surface area contributed by atoms with Crippen LogP contribution in [0.1, 0.15) is 12.5 Å². The van der Waals surface area contributed by atoms with Crippen LogP contribution < -0.4 is 0 Å². The second-order valence-corrected chi connectivity index (χ2v) is 4.11. The smallest absolute Gasteiger partial charge is 0.147 e. The second-order valence-electron chi connectivity index (χ2n) is 2.84. The molecule has 0 aliphatic heterocycles. The van der Waals surface area contributed by atoms with Crippen LogP contribution in [0.4, 0.5) is 0 Å². The minimum absolute atomic E-state index is 0.318. The first kappa shape index (κ1) is 10.3. The van der Waals surface area contributed by atoms with Crippen LogP contribution in [0.2, 0.25) is 0 Å². The van der Waals surface area contributed by atoms with Crippen molar-refractivity contribution >= 4 is 17.5 Å². The molecule has 0 unspecified atom stereocenters. The van der Waals surface area contributed by atoms with E-state index in [1.54, 1.807) is 11.8 Å². The van der Waals surface area contributed by atoms with Gasteiger partial charge in [0.25, 0.3) is 0 Å². The number of carbonyl (C=O) groups excluding carboxylic acids is 1. The van der Waals surface area contributed by atoms with Crippen molar-refractivity contribution in [3.63, 3.8) is 0 Å². The minimum atomic E-state index is 0.318. The molecular weight excluding hydrogens is 180 g/mol. The third kappa shape index (κ3) is 4.13. The lowest BCUT2D eigenvalue weighted by Crippen LogP contribution is -2.05. The predicted molar refractivity (Wildman–Crippen MR) is 58.2 cm³/mol. The van der Waals surface area contributed by atoms with Gasteiger partial charge in [0, 0.05) is 6.42 Å². The van der Waals surface area contributed by atoms with Gasteiger partial charge in [0.15, 0.2) is 0 Å². The quantitative estimate of drug-likeness (QED) is 0.716. The maximum atomic E-state index is 11.4. The van der Waals surface area contributed by atoms with Crippen LogP contribution in [-0.2, 0) is 11.2 Å². The molecular formula is C11H14OS. The Kier molecular flexibility index (Phi) is 4.61. The molecule has 0 amide bonds. The number of rotatable bonds is 5. The summed E-state index contributed by atoms with van der Waals surface area (Å²) in [7, 11) is 0. The Morgan fingerprint density at radius 1 is 1.31 bits per heavy atom. The van der Waals surface area contributed by atoms with Crippen molar-refractivity contribution < 1.29 is 4.79 Å². The number of thioether (sulfide) groups is 1. The Morgan fingerprint density at radius 3 is 2.62 bits per heavy atom. The molecule has 1 aromatic rings. The Balaban J connectivity index is 2.37. The van der Waals surface area contributed by atoms with Gasteiger partial charge < -0.3 is 0 Å². The highest BCUT2D eigenvalue weighted by molar-refractivity contribution is 7.99. The van der Waals surface area contributed by atoms with Gasteiger partial charge in [0.2, 0.25) is 0 Å². The Labute approximate surface area is 83.5 Å². The molecule has 2 heteroatoms. The van der Waals surface area contributed by atoms with Crippen LogP contribution in [-0.4, -0.2) is 17.3 Å². The molecule has 0 aliphatic rings. The van der Waals surface area contributed by atoms with Crippen molar-refractivity contribution in [2.45, 2.75) is 13.3 Å². The van der Waals surface area contributed by atoms with Crippen LogP contribution in [0, 0.1) is 0 Å². The van der Waals surface area contributed by atoms with Crippen molar-refractivity contribution in [2.24, 2.45) is 0 Å². The molecule has 0 fully saturated rings. The average molecular weight is 194 g/mol. The molecule has 0 aromatic heterocycles. The fourth-order valence-electron chi connectivity index (χ4n) is 1.09. The summed E-state index contributed by atoms with van der Waals surface area (Å²) < 4.78 is 0. The van der Waals surface area contributed by atoms with Gasteiger partial charge in [-0.15, -0.1) is 0 Å². The molecule has 0 bridgehead atoms. The van der Waals surface area contributed by atoms with Gasteiger partial charge in [-0.05, 0) is 11.3 Å². The molecule has 1 rings (SSSR count). The first-order chi connectivity index (χ1) is 6.33. The van der Waals surface area contributed by atoms with E-state index in [1.165, 1.54) is 0 Å². The third-order valence-electron chi connectivity index (χ3n) is 1.71. The Morgan fingerprint density at radius 2 is 2.00 bits per heavy atom. The molecule has 0 saturated heterocycles. The zero-order valence-electron chi connectivity index (χ0n) is 7.82. The zero-order chi connectivity index (χ0) is 9.52. The van der Waals surface area contributed by atoms with Gasteiger partial charge in [-0.2, -0.15) is 11.8 Å². The first-order valence-corrected chi connectivity index (χ1v) is 5.61. The highest BCUT2D eigenvalue weighted by Gasteiger charge is 2.01. The van der Waals surface area contributed by atoms with Crippen LogP contribution in [0.25, 0.3) is 0 Å². The van der Waals surface area contributed by atoms with E-state index in [0.29, 0.717) is 18.0 Å². The maximum Gasteiger partial charge on any atom is 0.147 e. The standard InChI is InChI=1S/C11H14OS/c1-2-13-9-11(12)8-10-6-4-3-5-7-10/h3-7H,2,8-9H2,1H3. The summed E-state index contributed by atoms with van der Waals surface area (Å²) in [5.41, 5.74) is 1.12. The van der Waals surface area contributed by atoms with Crippen LogP contribution in [0.15, 0.2) is 30.3 Å². The van der Waals surface area contributed by atoms with Crippen molar-refractivity contribution in [3.8, 4) is 0 Å². The number of ketones is 1. The van der Waals surface area contributed by atoms with Crippen molar-refractivity contribution in [1.82, 2.24) is 0 Å². The topological polar surface area (TPSA) is 17.1 Å². The molecule has 0 radical (unpaired) electrons. The molecule has 0 N–H and O–H groups in total. The van der Waals surface area contributed by atoms with Crippen molar-refractivity contribution in [1.29, 1.82) is 0 Å². The molecule has 0 aliphatic carbocycles. The molecule has 70 valence electrons. The summed E-state index contributed by atoms with van der Waals surface area (Å²) in [6.45, 7) is 2.07. The average Bonchev–Trinajstić information content (AvgIpc) is 2.16. The van der Waals surface area contributed by atoms with Crippen LogP contribution in [0.3, 0.4) is 0 Å². The van der Waals surface area contributed by atoms with Crippen molar-refractivity contribution in [2.75, 3.05) is 11.5 Å². The summed E-state index contributed by atoms with van der Waals surface area (Å²) in [5.74, 6) is 1.98. The van der Waals surface area contributed by atoms with Gasteiger partial charge in [0.05, 0.1) is 5.75 Å². The minimum Gasteiger partial charge on any atom is -0.298 e. The van der Waals surface area contributed by atoms with Gasteiger partial charge in [-0.3, -0.25) is 4.79 Å². The van der Waals surface area contributed by atoms with E-state index in [2.05, 4.69) is 6.92 Å². The molecule has 1 aromatic carbocycles. The summed E-state index contributed by atoms with van der Waals surface area (Å²) in [4.78, 5) is 11.4. The van der Waals surface area contributed by atoms with E-state index in [9.17, 15) is 4.79 Å². The van der Waals surface area contributed by atoms with Crippen molar-refractivity contribution in [3.05, 3.63) is 35.9 Å². The number of benzene rings is 1. The molecule has 1 nitrogen and oxygen atoms in total.